The minimum absolute atomic E-state index is 0.255. The van der Waals surface area contributed by atoms with Gasteiger partial charge in [-0.3, -0.25) is 5.84 Å². The van der Waals surface area contributed by atoms with E-state index in [1.807, 2.05) is 0 Å². The average Bonchev–Trinajstić information content (AvgIpc) is 2.50. The van der Waals surface area contributed by atoms with Crippen LogP contribution in [-0.4, -0.2) is 13.7 Å². The number of ether oxygens (including phenoxy) is 2. The van der Waals surface area contributed by atoms with Crippen LogP contribution in [0.4, 0.5) is 0 Å². The number of methoxy groups -OCH3 is 1. The molecular formula is C15H16Cl2N2O2. The predicted octanol–water partition coefficient (Wildman–Crippen LogP) is 3.59. The highest BCUT2D eigenvalue weighted by atomic mass is 35.5. The van der Waals surface area contributed by atoms with Crippen molar-refractivity contribution in [1.82, 2.24) is 5.43 Å². The van der Waals surface area contributed by atoms with Gasteiger partial charge in [0.2, 0.25) is 0 Å². The zero-order chi connectivity index (χ0) is 15.2. The van der Waals surface area contributed by atoms with Gasteiger partial charge in [-0.15, -0.1) is 0 Å². The molecule has 0 radical (unpaired) electrons. The van der Waals surface area contributed by atoms with E-state index in [4.69, 9.17) is 38.5 Å². The average molecular weight is 327 g/mol. The van der Waals surface area contributed by atoms with Gasteiger partial charge in [0.25, 0.3) is 0 Å². The zero-order valence-electron chi connectivity index (χ0n) is 11.5. The maximum absolute atomic E-state index is 6.03. The summed E-state index contributed by atoms with van der Waals surface area (Å²) >= 11 is 11.9. The first kappa shape index (κ1) is 15.9. The van der Waals surface area contributed by atoms with Crippen molar-refractivity contribution in [3.05, 3.63) is 58.1 Å². The molecule has 0 aromatic heterocycles. The summed E-state index contributed by atoms with van der Waals surface area (Å²) in [6.07, 6.45) is 0. The highest BCUT2D eigenvalue weighted by molar-refractivity contribution is 6.30. The van der Waals surface area contributed by atoms with E-state index < -0.39 is 0 Å². The second kappa shape index (κ2) is 7.52. The summed E-state index contributed by atoms with van der Waals surface area (Å²) < 4.78 is 11.0. The highest BCUT2D eigenvalue weighted by Crippen LogP contribution is 2.28. The van der Waals surface area contributed by atoms with Crippen LogP contribution in [0.2, 0.25) is 10.0 Å². The third kappa shape index (κ3) is 4.25. The molecule has 0 heterocycles. The first-order chi connectivity index (χ1) is 10.1. The van der Waals surface area contributed by atoms with Crippen LogP contribution < -0.4 is 20.7 Å². The molecule has 21 heavy (non-hydrogen) atoms. The molecule has 0 aliphatic carbocycles. The van der Waals surface area contributed by atoms with Crippen molar-refractivity contribution in [2.75, 3.05) is 13.7 Å². The molecule has 0 saturated heterocycles. The van der Waals surface area contributed by atoms with Gasteiger partial charge in [-0.25, -0.2) is 5.43 Å². The van der Waals surface area contributed by atoms with Gasteiger partial charge >= 0.3 is 0 Å². The molecule has 3 N–H and O–H groups in total. The van der Waals surface area contributed by atoms with Crippen molar-refractivity contribution >= 4 is 23.2 Å². The van der Waals surface area contributed by atoms with E-state index >= 15 is 0 Å². The highest BCUT2D eigenvalue weighted by Gasteiger charge is 2.16. The van der Waals surface area contributed by atoms with E-state index in [-0.39, 0.29) is 6.04 Å². The summed E-state index contributed by atoms with van der Waals surface area (Å²) in [4.78, 5) is 0. The molecule has 1 unspecified atom stereocenters. The Morgan fingerprint density at radius 2 is 1.76 bits per heavy atom. The molecule has 6 heteroatoms. The first-order valence-corrected chi connectivity index (χ1v) is 7.07. The Hall–Kier alpha value is -1.46. The summed E-state index contributed by atoms with van der Waals surface area (Å²) in [5.74, 6) is 7.02. The van der Waals surface area contributed by atoms with Crippen molar-refractivity contribution in [2.45, 2.75) is 6.04 Å². The van der Waals surface area contributed by atoms with Gasteiger partial charge in [0.1, 0.15) is 18.1 Å². The lowest BCUT2D eigenvalue weighted by molar-refractivity contribution is 0.263. The Morgan fingerprint density at radius 1 is 1.10 bits per heavy atom. The number of benzene rings is 2. The van der Waals surface area contributed by atoms with Crippen LogP contribution in [0.15, 0.2) is 42.5 Å². The molecule has 0 aliphatic rings. The quantitative estimate of drug-likeness (QED) is 0.629. The fourth-order valence-corrected chi connectivity index (χ4v) is 2.22. The van der Waals surface area contributed by atoms with Crippen molar-refractivity contribution in [3.8, 4) is 11.5 Å². The van der Waals surface area contributed by atoms with E-state index in [1.54, 1.807) is 49.6 Å². The van der Waals surface area contributed by atoms with Crippen molar-refractivity contribution < 1.29 is 9.47 Å². The van der Waals surface area contributed by atoms with Crippen LogP contribution in [0.1, 0.15) is 11.6 Å². The van der Waals surface area contributed by atoms with Crippen LogP contribution >= 0.6 is 23.2 Å². The van der Waals surface area contributed by atoms with Gasteiger partial charge < -0.3 is 9.47 Å². The smallest absolute Gasteiger partial charge is 0.123 e. The second-order valence-electron chi connectivity index (χ2n) is 4.37. The van der Waals surface area contributed by atoms with Gasteiger partial charge in [-0.1, -0.05) is 23.2 Å². The minimum Gasteiger partial charge on any atom is -0.496 e. The van der Waals surface area contributed by atoms with Crippen LogP contribution in [0.25, 0.3) is 0 Å². The molecular weight excluding hydrogens is 311 g/mol. The number of rotatable bonds is 6. The Balaban J connectivity index is 2.12. The number of hydrazine groups is 1. The Labute approximate surface area is 133 Å². The molecule has 0 fully saturated rings. The number of halogens is 2. The molecule has 1 atom stereocenters. The number of hydrogen-bond donors (Lipinski definition) is 2. The first-order valence-electron chi connectivity index (χ1n) is 6.32. The number of nitrogens with two attached hydrogens (primary N) is 1. The van der Waals surface area contributed by atoms with E-state index in [9.17, 15) is 0 Å². The largest absolute Gasteiger partial charge is 0.496 e. The van der Waals surface area contributed by atoms with Crippen LogP contribution in [0, 0.1) is 0 Å². The number of nitrogens with one attached hydrogen (secondary N) is 1. The maximum atomic E-state index is 6.03. The third-order valence-corrected chi connectivity index (χ3v) is 3.49. The lowest BCUT2D eigenvalue weighted by atomic mass is 10.1. The summed E-state index contributed by atoms with van der Waals surface area (Å²) in [6, 6.07) is 12.2. The minimum atomic E-state index is -0.255. The summed E-state index contributed by atoms with van der Waals surface area (Å²) in [7, 11) is 1.60. The Bertz CT molecular complexity index is 591. The Morgan fingerprint density at radius 3 is 2.38 bits per heavy atom. The fraction of sp³-hybridized carbons (Fsp3) is 0.200. The topological polar surface area (TPSA) is 56.5 Å². The van der Waals surface area contributed by atoms with E-state index in [2.05, 4.69) is 5.43 Å². The lowest BCUT2D eigenvalue weighted by Crippen LogP contribution is -2.32. The normalized spacial score (nSPS) is 12.0. The number of hydrogen-bond acceptors (Lipinski definition) is 4. The summed E-state index contributed by atoms with van der Waals surface area (Å²) in [6.45, 7) is 0.328. The van der Waals surface area contributed by atoms with Gasteiger partial charge in [0.15, 0.2) is 0 Å². The lowest BCUT2D eigenvalue weighted by Gasteiger charge is -2.20. The van der Waals surface area contributed by atoms with Crippen LogP contribution in [-0.2, 0) is 0 Å². The van der Waals surface area contributed by atoms with Gasteiger partial charge in [-0.2, -0.15) is 0 Å². The standard InChI is InChI=1S/C15H16Cl2N2O2/c1-20-15-7-4-11(17)8-13(15)14(19-18)9-21-12-5-2-10(16)3-6-12/h2-8,14,19H,9,18H2,1H3. The molecule has 0 aliphatic heterocycles. The molecule has 112 valence electrons. The van der Waals surface area contributed by atoms with Gasteiger partial charge in [0.05, 0.1) is 13.2 Å². The van der Waals surface area contributed by atoms with E-state index in [0.717, 1.165) is 5.56 Å². The van der Waals surface area contributed by atoms with E-state index in [0.29, 0.717) is 28.2 Å². The van der Waals surface area contributed by atoms with Gasteiger partial charge in [-0.05, 0) is 42.5 Å². The van der Waals surface area contributed by atoms with Crippen molar-refractivity contribution in [2.24, 2.45) is 5.84 Å². The summed E-state index contributed by atoms with van der Waals surface area (Å²) in [5, 5.41) is 1.27. The molecule has 0 spiro atoms. The van der Waals surface area contributed by atoms with Crippen LogP contribution in [0.5, 0.6) is 11.5 Å². The van der Waals surface area contributed by atoms with E-state index in [1.165, 1.54) is 0 Å². The summed E-state index contributed by atoms with van der Waals surface area (Å²) in [5.41, 5.74) is 3.55. The molecule has 2 aromatic carbocycles. The SMILES string of the molecule is COc1ccc(Cl)cc1C(COc1ccc(Cl)cc1)NN. The van der Waals surface area contributed by atoms with Crippen LogP contribution in [0.3, 0.4) is 0 Å². The Kier molecular flexibility index (Phi) is 5.70. The maximum Gasteiger partial charge on any atom is 0.123 e. The molecule has 0 bridgehead atoms. The van der Waals surface area contributed by atoms with Crippen molar-refractivity contribution in [3.63, 3.8) is 0 Å². The molecule has 2 aromatic rings. The fourth-order valence-electron chi connectivity index (χ4n) is 1.92. The monoisotopic (exact) mass is 326 g/mol. The molecule has 2 rings (SSSR count). The van der Waals surface area contributed by atoms with Gasteiger partial charge in [0, 0.05) is 15.6 Å². The molecule has 4 nitrogen and oxygen atoms in total. The van der Waals surface area contributed by atoms with Crippen molar-refractivity contribution in [1.29, 1.82) is 0 Å². The zero-order valence-corrected chi connectivity index (χ0v) is 13.0. The molecule has 0 saturated carbocycles. The molecule has 0 amide bonds. The predicted molar refractivity (Wildman–Crippen MR) is 85.0 cm³/mol. The third-order valence-electron chi connectivity index (χ3n) is 3.00. The second-order valence-corrected chi connectivity index (χ2v) is 5.24.